The molecule has 0 bridgehead atoms. The first-order valence-corrected chi connectivity index (χ1v) is 10.3. The van der Waals surface area contributed by atoms with E-state index in [0.717, 1.165) is 56.0 Å². The van der Waals surface area contributed by atoms with E-state index in [1.165, 1.54) is 0 Å². The number of halogens is 3. The molecule has 30 heavy (non-hydrogen) atoms. The van der Waals surface area contributed by atoms with Crippen molar-refractivity contribution in [3.63, 3.8) is 0 Å². The predicted molar refractivity (Wildman–Crippen MR) is 109 cm³/mol. The van der Waals surface area contributed by atoms with Crippen LogP contribution in [0.2, 0.25) is 0 Å². The quantitative estimate of drug-likeness (QED) is 0.539. The Morgan fingerprint density at radius 3 is 2.57 bits per heavy atom. The maximum Gasteiger partial charge on any atom is 0.416 e. The Kier molecular flexibility index (Phi) is 7.60. The van der Waals surface area contributed by atoms with E-state index in [0.29, 0.717) is 26.3 Å². The van der Waals surface area contributed by atoms with Crippen LogP contribution in [-0.4, -0.2) is 69.5 Å². The average molecular weight is 428 g/mol. The van der Waals surface area contributed by atoms with Crippen LogP contribution in [0.1, 0.15) is 30.4 Å². The van der Waals surface area contributed by atoms with Gasteiger partial charge in [0.2, 0.25) is 0 Å². The highest BCUT2D eigenvalue weighted by Gasteiger charge is 2.33. The first-order chi connectivity index (χ1) is 14.3. The summed E-state index contributed by atoms with van der Waals surface area (Å²) in [4.78, 5) is 6.56. The number of nitrogens with zero attached hydrogens (tertiary/aromatic N) is 2. The Morgan fingerprint density at radius 2 is 1.97 bits per heavy atom. The maximum absolute atomic E-state index is 12.7. The van der Waals surface area contributed by atoms with Crippen LogP contribution in [-0.2, 0) is 22.2 Å². The Hall–Kier alpha value is -1.84. The molecule has 0 radical (unpaired) electrons. The molecule has 9 heteroatoms. The number of hydrogen-bond acceptors (Lipinski definition) is 4. The number of methoxy groups -OCH3 is 1. The first kappa shape index (κ1) is 22.8. The number of nitrogens with one attached hydrogen (secondary N) is 2. The molecule has 168 valence electrons. The number of likely N-dealkylation sites (tertiary alicyclic amines) is 1. The van der Waals surface area contributed by atoms with E-state index in [1.807, 2.05) is 0 Å². The highest BCUT2D eigenvalue weighted by atomic mass is 19.4. The van der Waals surface area contributed by atoms with Crippen molar-refractivity contribution >= 4 is 5.96 Å². The smallest absolute Gasteiger partial charge is 0.381 e. The zero-order valence-corrected chi connectivity index (χ0v) is 17.6. The molecule has 2 aliphatic rings. The van der Waals surface area contributed by atoms with Gasteiger partial charge in [0.05, 0.1) is 11.2 Å². The van der Waals surface area contributed by atoms with Crippen LogP contribution in [0.5, 0.6) is 0 Å². The SMILES string of the molecule is CN=C(NCC1(OC)CCOCC1)NC1CCN(Cc2ccc(C(F)(F)F)cc2)C1. The molecule has 2 N–H and O–H groups in total. The zero-order chi connectivity index (χ0) is 21.6. The molecule has 2 aliphatic heterocycles. The fourth-order valence-electron chi connectivity index (χ4n) is 3.98. The molecule has 0 spiro atoms. The van der Waals surface area contributed by atoms with E-state index < -0.39 is 11.7 Å². The molecular formula is C21H31F3N4O2. The Labute approximate surface area is 175 Å². The van der Waals surface area contributed by atoms with Gasteiger partial charge in [-0.1, -0.05) is 12.1 Å². The van der Waals surface area contributed by atoms with Crippen LogP contribution < -0.4 is 10.6 Å². The highest BCUT2D eigenvalue weighted by molar-refractivity contribution is 5.80. The monoisotopic (exact) mass is 428 g/mol. The molecule has 2 fully saturated rings. The van der Waals surface area contributed by atoms with Gasteiger partial charge in [-0.15, -0.1) is 0 Å². The van der Waals surface area contributed by atoms with Crippen molar-refractivity contribution in [2.45, 2.75) is 43.6 Å². The van der Waals surface area contributed by atoms with Gasteiger partial charge in [0, 0.05) is 72.4 Å². The number of hydrogen-bond donors (Lipinski definition) is 2. The van der Waals surface area contributed by atoms with Crippen molar-refractivity contribution in [1.29, 1.82) is 0 Å². The molecule has 1 aromatic carbocycles. The van der Waals surface area contributed by atoms with E-state index in [4.69, 9.17) is 9.47 Å². The lowest BCUT2D eigenvalue weighted by atomic mass is 9.94. The summed E-state index contributed by atoms with van der Waals surface area (Å²) < 4.78 is 49.3. The van der Waals surface area contributed by atoms with Crippen LogP contribution in [0.25, 0.3) is 0 Å². The predicted octanol–water partition coefficient (Wildman–Crippen LogP) is 2.64. The van der Waals surface area contributed by atoms with Gasteiger partial charge in [-0.25, -0.2) is 0 Å². The lowest BCUT2D eigenvalue weighted by molar-refractivity contribution is -0.137. The standard InChI is InChI=1S/C21H31F3N4O2/c1-25-19(26-15-20(29-2)8-11-30-12-9-20)27-18-7-10-28(14-18)13-16-3-5-17(6-4-16)21(22,23)24/h3-6,18H,7-15H2,1-2H3,(H2,25,26,27). The van der Waals surface area contributed by atoms with Crippen molar-refractivity contribution in [2.75, 3.05) is 47.0 Å². The molecular weight excluding hydrogens is 397 g/mol. The van der Waals surface area contributed by atoms with E-state index in [2.05, 4.69) is 20.5 Å². The minimum Gasteiger partial charge on any atom is -0.381 e. The lowest BCUT2D eigenvalue weighted by Gasteiger charge is -2.36. The summed E-state index contributed by atoms with van der Waals surface area (Å²) in [7, 11) is 3.48. The molecule has 0 amide bonds. The second kappa shape index (κ2) is 9.98. The Bertz CT molecular complexity index is 703. The molecule has 0 aliphatic carbocycles. The first-order valence-electron chi connectivity index (χ1n) is 10.3. The summed E-state index contributed by atoms with van der Waals surface area (Å²) in [6.45, 7) is 4.38. The summed E-state index contributed by atoms with van der Waals surface area (Å²) in [6, 6.07) is 5.65. The third kappa shape index (κ3) is 6.09. The maximum atomic E-state index is 12.7. The van der Waals surface area contributed by atoms with E-state index in [1.54, 1.807) is 26.3 Å². The van der Waals surface area contributed by atoms with Crippen LogP contribution in [0.3, 0.4) is 0 Å². The molecule has 1 atom stereocenters. The van der Waals surface area contributed by atoms with Crippen LogP contribution in [0.4, 0.5) is 13.2 Å². The van der Waals surface area contributed by atoms with Gasteiger partial charge in [-0.2, -0.15) is 13.2 Å². The number of ether oxygens (including phenoxy) is 2. The van der Waals surface area contributed by atoms with Crippen molar-refractivity contribution in [2.24, 2.45) is 4.99 Å². The minimum absolute atomic E-state index is 0.235. The molecule has 3 rings (SSSR count). The van der Waals surface area contributed by atoms with E-state index in [9.17, 15) is 13.2 Å². The van der Waals surface area contributed by atoms with Crippen molar-refractivity contribution in [1.82, 2.24) is 15.5 Å². The summed E-state index contributed by atoms with van der Waals surface area (Å²) in [5.74, 6) is 0.735. The normalized spacial score (nSPS) is 22.8. The average Bonchev–Trinajstić information content (AvgIpc) is 3.18. The van der Waals surface area contributed by atoms with Gasteiger partial charge in [0.15, 0.2) is 5.96 Å². The molecule has 0 aromatic heterocycles. The summed E-state index contributed by atoms with van der Waals surface area (Å²) in [5, 5.41) is 6.83. The summed E-state index contributed by atoms with van der Waals surface area (Å²) in [5.41, 5.74) is 0.0355. The second-order valence-corrected chi connectivity index (χ2v) is 7.99. The largest absolute Gasteiger partial charge is 0.416 e. The van der Waals surface area contributed by atoms with Crippen molar-refractivity contribution < 1.29 is 22.6 Å². The lowest BCUT2D eigenvalue weighted by Crippen LogP contribution is -2.52. The number of benzene rings is 1. The van der Waals surface area contributed by atoms with Gasteiger partial charge in [-0.05, 0) is 24.1 Å². The van der Waals surface area contributed by atoms with Crippen LogP contribution in [0, 0.1) is 0 Å². The van der Waals surface area contributed by atoms with Crippen molar-refractivity contribution in [3.05, 3.63) is 35.4 Å². The fourth-order valence-corrected chi connectivity index (χ4v) is 3.98. The molecule has 6 nitrogen and oxygen atoms in total. The zero-order valence-electron chi connectivity index (χ0n) is 17.6. The van der Waals surface area contributed by atoms with E-state index in [-0.39, 0.29) is 11.6 Å². The second-order valence-electron chi connectivity index (χ2n) is 7.99. The third-order valence-electron chi connectivity index (χ3n) is 5.94. The van der Waals surface area contributed by atoms with Gasteiger partial charge >= 0.3 is 6.18 Å². The van der Waals surface area contributed by atoms with Crippen LogP contribution >= 0.6 is 0 Å². The molecule has 1 unspecified atom stereocenters. The summed E-state index contributed by atoms with van der Waals surface area (Å²) >= 11 is 0. The summed E-state index contributed by atoms with van der Waals surface area (Å²) in [6.07, 6.45) is -1.66. The molecule has 0 saturated carbocycles. The van der Waals surface area contributed by atoms with Gasteiger partial charge < -0.3 is 20.1 Å². The van der Waals surface area contributed by atoms with Gasteiger partial charge in [0.1, 0.15) is 0 Å². The number of rotatable bonds is 6. The minimum atomic E-state index is -4.30. The molecule has 1 aromatic rings. The topological polar surface area (TPSA) is 58.1 Å². The Balaban J connectivity index is 1.46. The number of guanidine groups is 1. The number of alkyl halides is 3. The molecule has 2 heterocycles. The molecule has 2 saturated heterocycles. The third-order valence-corrected chi connectivity index (χ3v) is 5.94. The van der Waals surface area contributed by atoms with Gasteiger partial charge in [-0.3, -0.25) is 9.89 Å². The fraction of sp³-hybridized carbons (Fsp3) is 0.667. The van der Waals surface area contributed by atoms with Gasteiger partial charge in [0.25, 0.3) is 0 Å². The van der Waals surface area contributed by atoms with Crippen molar-refractivity contribution in [3.8, 4) is 0 Å². The highest BCUT2D eigenvalue weighted by Crippen LogP contribution is 2.29. The Morgan fingerprint density at radius 1 is 1.27 bits per heavy atom. The number of aliphatic imine (C=N–C) groups is 1. The van der Waals surface area contributed by atoms with E-state index >= 15 is 0 Å². The van der Waals surface area contributed by atoms with Crippen LogP contribution in [0.15, 0.2) is 29.3 Å².